The molecule has 0 bridgehead atoms. The number of likely N-dealkylation sites (tertiary alicyclic amines) is 1. The van der Waals surface area contributed by atoms with Crippen LogP contribution in [0.5, 0.6) is 5.75 Å². The van der Waals surface area contributed by atoms with Gasteiger partial charge in [-0.05, 0) is 32.0 Å². The first-order valence-electron chi connectivity index (χ1n) is 10.0. The van der Waals surface area contributed by atoms with E-state index >= 15 is 0 Å². The molecule has 2 aromatic carbocycles. The van der Waals surface area contributed by atoms with E-state index in [-0.39, 0.29) is 23.7 Å². The molecule has 0 radical (unpaired) electrons. The Labute approximate surface area is 165 Å². The number of rotatable bonds is 5. The number of ketones is 1. The minimum Gasteiger partial charge on any atom is -0.493 e. The SMILES string of the molecule is O=C(CN1CCC(C(=O)c2ccccc2)CC1)NC1CCOc2ccccc21. The van der Waals surface area contributed by atoms with E-state index in [0.29, 0.717) is 13.2 Å². The molecule has 0 spiro atoms. The van der Waals surface area contributed by atoms with Crippen molar-refractivity contribution < 1.29 is 14.3 Å². The summed E-state index contributed by atoms with van der Waals surface area (Å²) in [5, 5.41) is 3.15. The number of nitrogens with one attached hydrogen (secondary N) is 1. The van der Waals surface area contributed by atoms with Crippen molar-refractivity contribution in [2.24, 2.45) is 5.92 Å². The lowest BCUT2D eigenvalue weighted by Crippen LogP contribution is -2.44. The Kier molecular flexibility index (Phi) is 5.72. The first kappa shape index (κ1) is 18.7. The van der Waals surface area contributed by atoms with E-state index in [0.717, 1.165) is 49.2 Å². The van der Waals surface area contributed by atoms with Crippen molar-refractivity contribution in [2.45, 2.75) is 25.3 Å². The minimum absolute atomic E-state index is 0.00893. The third kappa shape index (κ3) is 4.25. The van der Waals surface area contributed by atoms with Crippen LogP contribution >= 0.6 is 0 Å². The molecule has 2 aliphatic heterocycles. The number of amides is 1. The standard InChI is InChI=1S/C23H26N2O3/c26-22(24-20-12-15-28-21-9-5-4-8-19(20)21)16-25-13-10-18(11-14-25)23(27)17-6-2-1-3-7-17/h1-9,18,20H,10-16H2,(H,24,26). The number of ether oxygens (including phenoxy) is 1. The molecule has 4 rings (SSSR count). The highest BCUT2D eigenvalue weighted by Gasteiger charge is 2.28. The van der Waals surface area contributed by atoms with Crippen LogP contribution in [0.1, 0.15) is 41.2 Å². The second kappa shape index (κ2) is 8.57. The number of hydrogen-bond acceptors (Lipinski definition) is 4. The van der Waals surface area contributed by atoms with Gasteiger partial charge in [0.15, 0.2) is 5.78 Å². The Morgan fingerprint density at radius 1 is 0.964 bits per heavy atom. The predicted molar refractivity (Wildman–Crippen MR) is 107 cm³/mol. The van der Waals surface area contributed by atoms with Gasteiger partial charge in [-0.1, -0.05) is 48.5 Å². The molecule has 1 fully saturated rings. The molecule has 0 saturated carbocycles. The predicted octanol–water partition coefficient (Wildman–Crippen LogP) is 3.22. The molecule has 1 amide bonds. The molecule has 1 N–H and O–H groups in total. The van der Waals surface area contributed by atoms with Gasteiger partial charge in [-0.15, -0.1) is 0 Å². The fraction of sp³-hybridized carbons (Fsp3) is 0.391. The van der Waals surface area contributed by atoms with Crippen LogP contribution in [-0.4, -0.2) is 42.8 Å². The lowest BCUT2D eigenvalue weighted by Gasteiger charge is -2.32. The van der Waals surface area contributed by atoms with E-state index in [2.05, 4.69) is 10.2 Å². The number of Topliss-reactive ketones (excluding diaryl/α,β-unsaturated/α-hetero) is 1. The van der Waals surface area contributed by atoms with Crippen LogP contribution in [0.3, 0.4) is 0 Å². The summed E-state index contributed by atoms with van der Waals surface area (Å²) in [5.74, 6) is 1.18. The van der Waals surface area contributed by atoms with Crippen LogP contribution < -0.4 is 10.1 Å². The van der Waals surface area contributed by atoms with Gasteiger partial charge in [-0.25, -0.2) is 0 Å². The van der Waals surface area contributed by atoms with Crippen molar-refractivity contribution in [3.63, 3.8) is 0 Å². The lowest BCUT2D eigenvalue weighted by molar-refractivity contribution is -0.123. The van der Waals surface area contributed by atoms with E-state index < -0.39 is 0 Å². The number of carbonyl (C=O) groups is 2. The lowest BCUT2D eigenvalue weighted by atomic mass is 9.89. The maximum Gasteiger partial charge on any atom is 0.234 e. The molecule has 1 unspecified atom stereocenters. The average molecular weight is 378 g/mol. The molecule has 5 heteroatoms. The fourth-order valence-corrected chi connectivity index (χ4v) is 4.13. The highest BCUT2D eigenvalue weighted by atomic mass is 16.5. The molecule has 0 aliphatic carbocycles. The topological polar surface area (TPSA) is 58.6 Å². The average Bonchev–Trinajstić information content (AvgIpc) is 2.75. The number of nitrogens with zero attached hydrogens (tertiary/aromatic N) is 1. The largest absolute Gasteiger partial charge is 0.493 e. The number of piperidine rings is 1. The van der Waals surface area contributed by atoms with Gasteiger partial charge in [0.05, 0.1) is 19.2 Å². The monoisotopic (exact) mass is 378 g/mol. The van der Waals surface area contributed by atoms with Gasteiger partial charge < -0.3 is 10.1 Å². The van der Waals surface area contributed by atoms with E-state index in [1.165, 1.54) is 0 Å². The summed E-state index contributed by atoms with van der Waals surface area (Å²) >= 11 is 0. The third-order valence-electron chi connectivity index (χ3n) is 5.68. The number of carbonyl (C=O) groups excluding carboxylic acids is 2. The molecule has 28 heavy (non-hydrogen) atoms. The van der Waals surface area contributed by atoms with Crippen molar-refractivity contribution in [2.75, 3.05) is 26.2 Å². The first-order valence-corrected chi connectivity index (χ1v) is 10.0. The van der Waals surface area contributed by atoms with Gasteiger partial charge in [0.25, 0.3) is 0 Å². The molecule has 2 aromatic rings. The summed E-state index contributed by atoms with van der Waals surface area (Å²) in [6, 6.07) is 17.4. The molecule has 2 aliphatic rings. The Morgan fingerprint density at radius 3 is 2.46 bits per heavy atom. The van der Waals surface area contributed by atoms with Crippen LogP contribution in [0.2, 0.25) is 0 Å². The van der Waals surface area contributed by atoms with Crippen LogP contribution in [0, 0.1) is 5.92 Å². The summed E-state index contributed by atoms with van der Waals surface area (Å²) in [6.07, 6.45) is 2.40. The Balaban J connectivity index is 1.27. The molecular weight excluding hydrogens is 352 g/mol. The van der Waals surface area contributed by atoms with Crippen LogP contribution in [0.15, 0.2) is 54.6 Å². The summed E-state index contributed by atoms with van der Waals surface area (Å²) in [4.78, 5) is 27.3. The summed E-state index contributed by atoms with van der Waals surface area (Å²) in [5.41, 5.74) is 1.84. The van der Waals surface area contributed by atoms with Gasteiger partial charge in [0.1, 0.15) is 5.75 Å². The quantitative estimate of drug-likeness (QED) is 0.812. The molecule has 5 nitrogen and oxygen atoms in total. The van der Waals surface area contributed by atoms with Crippen LogP contribution in [0.4, 0.5) is 0 Å². The zero-order valence-electron chi connectivity index (χ0n) is 16.0. The second-order valence-corrected chi connectivity index (χ2v) is 7.58. The van der Waals surface area contributed by atoms with E-state index in [1.54, 1.807) is 0 Å². The number of para-hydroxylation sites is 1. The van der Waals surface area contributed by atoms with Crippen LogP contribution in [-0.2, 0) is 4.79 Å². The van der Waals surface area contributed by atoms with E-state index in [4.69, 9.17) is 4.74 Å². The van der Waals surface area contributed by atoms with Gasteiger partial charge in [-0.3, -0.25) is 14.5 Å². The fourth-order valence-electron chi connectivity index (χ4n) is 4.13. The molecule has 0 aromatic heterocycles. The normalized spacial score (nSPS) is 20.1. The van der Waals surface area contributed by atoms with Crippen molar-refractivity contribution in [3.05, 3.63) is 65.7 Å². The molecule has 146 valence electrons. The highest BCUT2D eigenvalue weighted by molar-refractivity contribution is 5.97. The number of benzene rings is 2. The maximum atomic E-state index is 12.6. The first-order chi connectivity index (χ1) is 13.7. The second-order valence-electron chi connectivity index (χ2n) is 7.58. The van der Waals surface area contributed by atoms with Crippen LogP contribution in [0.25, 0.3) is 0 Å². The number of hydrogen-bond donors (Lipinski definition) is 1. The van der Waals surface area contributed by atoms with Crippen molar-refractivity contribution >= 4 is 11.7 Å². The molecule has 1 saturated heterocycles. The third-order valence-corrected chi connectivity index (χ3v) is 5.68. The van der Waals surface area contributed by atoms with E-state index in [9.17, 15) is 9.59 Å². The molecule has 1 atom stereocenters. The Bertz CT molecular complexity index is 829. The van der Waals surface area contributed by atoms with Gasteiger partial charge in [0.2, 0.25) is 5.91 Å². The molecule has 2 heterocycles. The smallest absolute Gasteiger partial charge is 0.234 e. The van der Waals surface area contributed by atoms with Crippen molar-refractivity contribution in [3.8, 4) is 5.75 Å². The van der Waals surface area contributed by atoms with Crippen molar-refractivity contribution in [1.29, 1.82) is 0 Å². The number of fused-ring (bicyclic) bond motifs is 1. The summed E-state index contributed by atoms with van der Waals surface area (Å²) in [7, 11) is 0. The molecular formula is C23H26N2O3. The zero-order valence-corrected chi connectivity index (χ0v) is 16.0. The van der Waals surface area contributed by atoms with Gasteiger partial charge >= 0.3 is 0 Å². The summed E-state index contributed by atoms with van der Waals surface area (Å²) in [6.45, 7) is 2.56. The highest BCUT2D eigenvalue weighted by Crippen LogP contribution is 2.31. The van der Waals surface area contributed by atoms with E-state index in [1.807, 2.05) is 54.6 Å². The zero-order chi connectivity index (χ0) is 19.3. The Hall–Kier alpha value is -2.66. The van der Waals surface area contributed by atoms with Gasteiger partial charge in [-0.2, -0.15) is 0 Å². The minimum atomic E-state index is 0.00893. The maximum absolute atomic E-state index is 12.6. The Morgan fingerprint density at radius 2 is 1.68 bits per heavy atom. The van der Waals surface area contributed by atoms with Gasteiger partial charge in [0, 0.05) is 23.5 Å². The summed E-state index contributed by atoms with van der Waals surface area (Å²) < 4.78 is 5.66. The van der Waals surface area contributed by atoms with Crippen molar-refractivity contribution in [1.82, 2.24) is 10.2 Å².